The predicted octanol–water partition coefficient (Wildman–Crippen LogP) is 3.67. The Morgan fingerprint density at radius 3 is 2.50 bits per heavy atom. The summed E-state index contributed by atoms with van der Waals surface area (Å²) in [7, 11) is 0. The fourth-order valence-corrected chi connectivity index (χ4v) is 2.62. The van der Waals surface area contributed by atoms with Crippen LogP contribution in [0.2, 0.25) is 0 Å². The molecule has 1 aromatic carbocycles. The number of carbonyl (C=O) groups is 1. The second kappa shape index (κ2) is 8.76. The summed E-state index contributed by atoms with van der Waals surface area (Å²) < 4.78 is 0. The SMILES string of the molecule is Cc1ccc(N)cc1NC(=O)c1ccc(N2CCCC2)nc1.Cl.Cl. The number of carbonyl (C=O) groups excluding carboxylic acids is 1. The molecule has 3 rings (SSSR count). The van der Waals surface area contributed by atoms with E-state index >= 15 is 0 Å². The van der Waals surface area contributed by atoms with Gasteiger partial charge in [-0.1, -0.05) is 6.07 Å². The van der Waals surface area contributed by atoms with Crippen molar-refractivity contribution in [3.8, 4) is 0 Å². The number of halogens is 2. The third kappa shape index (κ3) is 4.52. The monoisotopic (exact) mass is 368 g/mol. The largest absolute Gasteiger partial charge is 0.399 e. The van der Waals surface area contributed by atoms with Crippen molar-refractivity contribution in [2.24, 2.45) is 0 Å². The summed E-state index contributed by atoms with van der Waals surface area (Å²) >= 11 is 0. The summed E-state index contributed by atoms with van der Waals surface area (Å²) in [5, 5.41) is 2.88. The topological polar surface area (TPSA) is 71.2 Å². The van der Waals surface area contributed by atoms with Crippen molar-refractivity contribution in [2.45, 2.75) is 19.8 Å². The number of amides is 1. The summed E-state index contributed by atoms with van der Waals surface area (Å²) in [5.74, 6) is 0.767. The molecule has 0 radical (unpaired) electrons. The van der Waals surface area contributed by atoms with E-state index in [1.54, 1.807) is 12.3 Å². The number of nitrogens with zero attached hydrogens (tertiary/aromatic N) is 2. The Balaban J connectivity index is 0.00000144. The highest BCUT2D eigenvalue weighted by molar-refractivity contribution is 6.04. The van der Waals surface area contributed by atoms with Crippen molar-refractivity contribution in [2.75, 3.05) is 29.0 Å². The third-order valence-electron chi connectivity index (χ3n) is 3.95. The predicted molar refractivity (Wildman–Crippen MR) is 104 cm³/mol. The first-order valence-electron chi connectivity index (χ1n) is 7.52. The lowest BCUT2D eigenvalue weighted by Crippen LogP contribution is -2.19. The number of hydrogen-bond donors (Lipinski definition) is 2. The van der Waals surface area contributed by atoms with Gasteiger partial charge >= 0.3 is 0 Å². The Morgan fingerprint density at radius 2 is 1.88 bits per heavy atom. The zero-order valence-electron chi connectivity index (χ0n) is 13.5. The molecule has 1 aliphatic heterocycles. The van der Waals surface area contributed by atoms with Crippen molar-refractivity contribution < 1.29 is 4.79 Å². The zero-order chi connectivity index (χ0) is 15.5. The van der Waals surface area contributed by atoms with Gasteiger partial charge in [-0.15, -0.1) is 24.8 Å². The van der Waals surface area contributed by atoms with Crippen LogP contribution in [0.3, 0.4) is 0 Å². The van der Waals surface area contributed by atoms with Crippen molar-refractivity contribution in [1.29, 1.82) is 0 Å². The molecule has 0 saturated carbocycles. The normalized spacial score (nSPS) is 13.0. The summed E-state index contributed by atoms with van der Waals surface area (Å²) in [6.45, 7) is 4.02. The first kappa shape index (κ1) is 20.1. The molecule has 1 fully saturated rings. The van der Waals surface area contributed by atoms with Gasteiger partial charge in [-0.2, -0.15) is 0 Å². The van der Waals surface area contributed by atoms with Crippen molar-refractivity contribution >= 4 is 47.9 Å². The Hall–Kier alpha value is -1.98. The number of nitrogen functional groups attached to an aromatic ring is 1. The number of rotatable bonds is 3. The third-order valence-corrected chi connectivity index (χ3v) is 3.95. The molecular weight excluding hydrogens is 347 g/mol. The van der Waals surface area contributed by atoms with E-state index in [1.165, 1.54) is 12.8 Å². The van der Waals surface area contributed by atoms with E-state index in [0.717, 1.165) is 30.2 Å². The molecule has 1 saturated heterocycles. The molecule has 1 amide bonds. The number of pyridine rings is 1. The highest BCUT2D eigenvalue weighted by atomic mass is 35.5. The molecule has 5 nitrogen and oxygen atoms in total. The van der Waals surface area contributed by atoms with Crippen molar-refractivity contribution in [3.63, 3.8) is 0 Å². The first-order valence-corrected chi connectivity index (χ1v) is 7.52. The Kier molecular flexibility index (Phi) is 7.32. The Morgan fingerprint density at radius 1 is 1.17 bits per heavy atom. The number of hydrogen-bond acceptors (Lipinski definition) is 4. The molecule has 0 bridgehead atoms. The fraction of sp³-hybridized carbons (Fsp3) is 0.294. The molecule has 0 unspecified atom stereocenters. The van der Waals surface area contributed by atoms with Gasteiger partial charge in [0.15, 0.2) is 0 Å². The number of aryl methyl sites for hydroxylation is 1. The van der Waals surface area contributed by atoms with Crippen molar-refractivity contribution in [3.05, 3.63) is 47.7 Å². The number of nitrogens with two attached hydrogens (primary N) is 1. The minimum atomic E-state index is -0.172. The fourth-order valence-electron chi connectivity index (χ4n) is 2.62. The van der Waals surface area contributed by atoms with Gasteiger partial charge in [-0.25, -0.2) is 4.98 Å². The van der Waals surface area contributed by atoms with Gasteiger partial charge in [0, 0.05) is 30.7 Å². The lowest BCUT2D eigenvalue weighted by Gasteiger charge is -2.16. The van der Waals surface area contributed by atoms with Crippen LogP contribution in [0.15, 0.2) is 36.5 Å². The van der Waals surface area contributed by atoms with Crippen molar-refractivity contribution in [1.82, 2.24) is 4.98 Å². The van der Waals surface area contributed by atoms with E-state index < -0.39 is 0 Å². The smallest absolute Gasteiger partial charge is 0.257 e. The minimum Gasteiger partial charge on any atom is -0.399 e. The van der Waals surface area contributed by atoms with Crippen LogP contribution in [-0.2, 0) is 0 Å². The highest BCUT2D eigenvalue weighted by Gasteiger charge is 2.14. The average molecular weight is 369 g/mol. The molecule has 0 spiro atoms. The van der Waals surface area contributed by atoms with Gasteiger partial charge < -0.3 is 16.0 Å². The van der Waals surface area contributed by atoms with Gasteiger partial charge in [0.2, 0.25) is 0 Å². The summed E-state index contributed by atoms with van der Waals surface area (Å²) in [6.07, 6.45) is 4.04. The molecule has 1 aromatic heterocycles. The molecule has 0 aliphatic carbocycles. The van der Waals surface area contributed by atoms with E-state index in [-0.39, 0.29) is 30.7 Å². The molecule has 1 aliphatic rings. The van der Waals surface area contributed by atoms with Gasteiger partial charge in [-0.3, -0.25) is 4.79 Å². The van der Waals surface area contributed by atoms with Gasteiger partial charge in [-0.05, 0) is 49.6 Å². The number of benzene rings is 1. The second-order valence-electron chi connectivity index (χ2n) is 5.63. The Labute approximate surface area is 154 Å². The molecule has 0 atom stereocenters. The van der Waals surface area contributed by atoms with Gasteiger partial charge in [0.05, 0.1) is 5.56 Å². The first-order chi connectivity index (χ1) is 10.6. The van der Waals surface area contributed by atoms with Gasteiger partial charge in [0.1, 0.15) is 5.82 Å². The molecule has 3 N–H and O–H groups in total. The molecule has 24 heavy (non-hydrogen) atoms. The van der Waals surface area contributed by atoms with Gasteiger partial charge in [0.25, 0.3) is 5.91 Å². The molecule has 7 heteroatoms. The van der Waals surface area contributed by atoms with Crippen LogP contribution >= 0.6 is 24.8 Å². The number of aromatic nitrogens is 1. The van der Waals surface area contributed by atoms with Crippen LogP contribution in [0.1, 0.15) is 28.8 Å². The van der Waals surface area contributed by atoms with Crippen LogP contribution in [0.5, 0.6) is 0 Å². The molecule has 2 heterocycles. The standard InChI is InChI=1S/C17H20N4O.2ClH/c1-12-4-6-14(18)10-15(12)20-17(22)13-5-7-16(19-11-13)21-8-2-3-9-21;;/h4-7,10-11H,2-3,8-9,18H2,1H3,(H,20,22);2*1H. The van der Waals surface area contributed by atoms with Crippen LogP contribution in [0.4, 0.5) is 17.2 Å². The molecule has 130 valence electrons. The number of nitrogens with one attached hydrogen (secondary N) is 1. The van der Waals surface area contributed by atoms with Crippen LogP contribution in [0, 0.1) is 6.92 Å². The summed E-state index contributed by atoms with van der Waals surface area (Å²) in [5.41, 5.74) is 8.64. The van der Waals surface area contributed by atoms with Crippen LogP contribution in [-0.4, -0.2) is 24.0 Å². The quantitative estimate of drug-likeness (QED) is 0.810. The molecule has 2 aromatic rings. The van der Waals surface area contributed by atoms with Crippen LogP contribution < -0.4 is 16.0 Å². The summed E-state index contributed by atoms with van der Waals surface area (Å²) in [4.78, 5) is 18.9. The van der Waals surface area contributed by atoms with E-state index in [9.17, 15) is 4.79 Å². The van der Waals surface area contributed by atoms with E-state index in [2.05, 4.69) is 15.2 Å². The van der Waals surface area contributed by atoms with E-state index in [0.29, 0.717) is 11.3 Å². The maximum absolute atomic E-state index is 12.3. The number of anilines is 3. The molecular formula is C17H22Cl2N4O. The second-order valence-corrected chi connectivity index (χ2v) is 5.63. The Bertz CT molecular complexity index is 685. The lowest BCUT2D eigenvalue weighted by molar-refractivity contribution is 0.102. The van der Waals surface area contributed by atoms with E-state index in [1.807, 2.05) is 31.2 Å². The maximum Gasteiger partial charge on any atom is 0.257 e. The van der Waals surface area contributed by atoms with Crippen LogP contribution in [0.25, 0.3) is 0 Å². The minimum absolute atomic E-state index is 0. The van der Waals surface area contributed by atoms with E-state index in [4.69, 9.17) is 5.73 Å². The summed E-state index contributed by atoms with van der Waals surface area (Å²) in [6, 6.07) is 9.19. The lowest BCUT2D eigenvalue weighted by atomic mass is 10.1. The maximum atomic E-state index is 12.3. The average Bonchev–Trinajstić information content (AvgIpc) is 3.05. The highest BCUT2D eigenvalue weighted by Crippen LogP contribution is 2.20. The zero-order valence-corrected chi connectivity index (χ0v) is 15.1.